The number of aliphatic hydroxyl groups is 1. The summed E-state index contributed by atoms with van der Waals surface area (Å²) in [4.78, 5) is 0. The van der Waals surface area contributed by atoms with E-state index in [0.29, 0.717) is 31.0 Å². The number of halogens is 1. The molecule has 0 spiro atoms. The molecule has 6 atom stereocenters. The van der Waals surface area contributed by atoms with Crippen LogP contribution in [0.2, 0.25) is 0 Å². The number of hydrogen-bond acceptors (Lipinski definition) is 4. The second-order valence-electron chi connectivity index (χ2n) is 16.2. The van der Waals surface area contributed by atoms with Crippen LogP contribution in [0.1, 0.15) is 223 Å². The summed E-state index contributed by atoms with van der Waals surface area (Å²) < 4.78 is 20.7. The van der Waals surface area contributed by atoms with Gasteiger partial charge >= 0.3 is 0 Å². The second-order valence-corrected chi connectivity index (χ2v) is 16.5. The number of hydrogen-bond donors (Lipinski definition) is 1. The molecule has 4 nitrogen and oxygen atoms in total. The molecule has 0 aromatic carbocycles. The van der Waals surface area contributed by atoms with Gasteiger partial charge in [-0.2, -0.15) is 0 Å². The minimum Gasteiger partial charge on any atom is -0.389 e. The fraction of sp³-hybridized carbons (Fsp3) is 1.00. The Morgan fingerprint density at radius 1 is 0.531 bits per heavy atom. The molecule has 0 aromatic rings. The van der Waals surface area contributed by atoms with Crippen LogP contribution < -0.4 is 0 Å². The van der Waals surface area contributed by atoms with Crippen molar-refractivity contribution in [3.05, 3.63) is 0 Å². The second kappa shape index (κ2) is 31.6. The van der Waals surface area contributed by atoms with Crippen LogP contribution in [0.25, 0.3) is 0 Å². The smallest absolute Gasteiger partial charge is 0.161 e. The Balaban J connectivity index is 6.04. The highest BCUT2D eigenvalue weighted by molar-refractivity contribution is 6.18. The zero-order chi connectivity index (χ0) is 36.8. The Hall–Kier alpha value is 0.130. The van der Waals surface area contributed by atoms with Gasteiger partial charge in [-0.25, -0.2) is 0 Å². The van der Waals surface area contributed by atoms with Crippen LogP contribution in [0, 0.1) is 17.8 Å². The molecule has 0 saturated heterocycles. The van der Waals surface area contributed by atoms with Crippen molar-refractivity contribution in [1.29, 1.82) is 0 Å². The highest BCUT2D eigenvalue weighted by Gasteiger charge is 2.41. The standard InChI is InChI=1S/C44H89ClO4/c1-10-15-18-21-24-27-31-38(6)43(8,13-4)48-42(49-44(9,14-5)39(7)32-28-25-22-19-16-11-2)40(33-29-26-23-20-17-12-3)34-30-35-47-37-41(46)36-45/h38-42,46H,10-37H2,1-9H3. The molecule has 0 aliphatic carbocycles. The molecule has 0 heterocycles. The highest BCUT2D eigenvalue weighted by Crippen LogP contribution is 2.39. The summed E-state index contributed by atoms with van der Waals surface area (Å²) in [6, 6.07) is 0. The largest absolute Gasteiger partial charge is 0.389 e. The lowest BCUT2D eigenvalue weighted by molar-refractivity contribution is -0.291. The lowest BCUT2D eigenvalue weighted by Gasteiger charge is -2.45. The first-order valence-electron chi connectivity index (χ1n) is 21.7. The third kappa shape index (κ3) is 23.4. The van der Waals surface area contributed by atoms with Gasteiger partial charge in [0.25, 0.3) is 0 Å². The summed E-state index contributed by atoms with van der Waals surface area (Å²) in [6.07, 6.45) is 30.4. The van der Waals surface area contributed by atoms with Crippen LogP contribution in [-0.4, -0.2) is 47.8 Å². The Morgan fingerprint density at radius 2 is 0.898 bits per heavy atom. The zero-order valence-electron chi connectivity index (χ0n) is 34.7. The van der Waals surface area contributed by atoms with Crippen molar-refractivity contribution in [3.8, 4) is 0 Å². The van der Waals surface area contributed by atoms with Crippen molar-refractivity contribution in [3.63, 3.8) is 0 Å². The highest BCUT2D eigenvalue weighted by atomic mass is 35.5. The van der Waals surface area contributed by atoms with Crippen LogP contribution >= 0.6 is 11.6 Å². The minimum atomic E-state index is -0.600. The zero-order valence-corrected chi connectivity index (χ0v) is 35.5. The van der Waals surface area contributed by atoms with Crippen LogP contribution in [0.15, 0.2) is 0 Å². The van der Waals surface area contributed by atoms with Crippen LogP contribution in [-0.2, 0) is 14.2 Å². The van der Waals surface area contributed by atoms with E-state index >= 15 is 0 Å². The predicted molar refractivity (Wildman–Crippen MR) is 216 cm³/mol. The maximum Gasteiger partial charge on any atom is 0.161 e. The molecular weight excluding hydrogens is 628 g/mol. The number of rotatable bonds is 37. The van der Waals surface area contributed by atoms with E-state index in [2.05, 4.69) is 62.3 Å². The third-order valence-electron chi connectivity index (χ3n) is 11.9. The molecule has 1 N–H and O–H groups in total. The molecule has 0 amide bonds. The van der Waals surface area contributed by atoms with E-state index in [9.17, 15) is 5.11 Å². The monoisotopic (exact) mass is 717 g/mol. The van der Waals surface area contributed by atoms with E-state index in [-0.39, 0.29) is 23.4 Å². The topological polar surface area (TPSA) is 47.9 Å². The van der Waals surface area contributed by atoms with Gasteiger partial charge in [-0.1, -0.05) is 164 Å². The average molecular weight is 718 g/mol. The van der Waals surface area contributed by atoms with E-state index in [1.54, 1.807) is 0 Å². The SMILES string of the molecule is CCCCCCCCC(CCCOCC(O)CCl)C(OC(C)(CC)C(C)CCCCCCCC)OC(C)(CC)C(C)CCCCCCCC. The first-order valence-corrected chi connectivity index (χ1v) is 22.3. The van der Waals surface area contributed by atoms with Gasteiger partial charge in [0.1, 0.15) is 0 Å². The fourth-order valence-electron chi connectivity index (χ4n) is 7.23. The first kappa shape index (κ1) is 49.1. The quantitative estimate of drug-likeness (QED) is 0.0395. The molecule has 0 rings (SSSR count). The maximum absolute atomic E-state index is 9.91. The van der Waals surface area contributed by atoms with Gasteiger partial charge in [-0.3, -0.25) is 0 Å². The van der Waals surface area contributed by atoms with Gasteiger partial charge in [-0.15, -0.1) is 11.6 Å². The molecule has 0 fully saturated rings. The molecular formula is C44H89ClO4. The summed E-state index contributed by atoms with van der Waals surface area (Å²) in [5.41, 5.74) is -0.461. The minimum absolute atomic E-state index is 0.212. The Morgan fingerprint density at radius 3 is 1.29 bits per heavy atom. The van der Waals surface area contributed by atoms with E-state index in [4.69, 9.17) is 25.8 Å². The van der Waals surface area contributed by atoms with Crippen LogP contribution in [0.4, 0.5) is 0 Å². The van der Waals surface area contributed by atoms with Gasteiger partial charge in [0.2, 0.25) is 0 Å². The molecule has 6 unspecified atom stereocenters. The number of aliphatic hydroxyl groups excluding tert-OH is 1. The van der Waals surface area contributed by atoms with Crippen molar-refractivity contribution in [2.45, 2.75) is 246 Å². The summed E-state index contributed by atoms with van der Waals surface area (Å²) in [5, 5.41) is 9.91. The van der Waals surface area contributed by atoms with Gasteiger partial charge in [0.05, 0.1) is 29.8 Å². The van der Waals surface area contributed by atoms with Crippen molar-refractivity contribution in [1.82, 2.24) is 0 Å². The summed E-state index contributed by atoms with van der Waals surface area (Å²) in [6.45, 7) is 22.0. The summed E-state index contributed by atoms with van der Waals surface area (Å²) in [7, 11) is 0. The summed E-state index contributed by atoms with van der Waals surface area (Å²) >= 11 is 5.82. The molecule has 0 bridgehead atoms. The van der Waals surface area contributed by atoms with Crippen molar-refractivity contribution >= 4 is 11.6 Å². The van der Waals surface area contributed by atoms with Crippen molar-refractivity contribution in [2.24, 2.45) is 17.8 Å². The molecule has 0 aliphatic heterocycles. The molecule has 0 aliphatic rings. The molecule has 0 radical (unpaired) electrons. The first-order chi connectivity index (χ1) is 23.6. The third-order valence-corrected chi connectivity index (χ3v) is 12.3. The average Bonchev–Trinajstić information content (AvgIpc) is 3.10. The van der Waals surface area contributed by atoms with Crippen LogP contribution in [0.5, 0.6) is 0 Å². The maximum atomic E-state index is 9.91. The Kier molecular flexibility index (Phi) is 31.7. The van der Waals surface area contributed by atoms with Gasteiger partial charge in [0.15, 0.2) is 6.29 Å². The lowest BCUT2D eigenvalue weighted by atomic mass is 9.82. The van der Waals surface area contributed by atoms with E-state index in [1.807, 2.05) is 0 Å². The van der Waals surface area contributed by atoms with Crippen LogP contribution in [0.3, 0.4) is 0 Å². The normalized spacial score (nSPS) is 17.7. The molecule has 0 aromatic heterocycles. The number of alkyl halides is 1. The summed E-state index contributed by atoms with van der Waals surface area (Å²) in [5.74, 6) is 1.47. The Bertz CT molecular complexity index is 668. The molecule has 5 heteroatoms. The predicted octanol–water partition coefficient (Wildman–Crippen LogP) is 14.2. The van der Waals surface area contributed by atoms with E-state index in [0.717, 1.165) is 32.1 Å². The van der Waals surface area contributed by atoms with E-state index < -0.39 is 6.10 Å². The molecule has 296 valence electrons. The molecule has 0 saturated carbocycles. The van der Waals surface area contributed by atoms with Gasteiger partial charge < -0.3 is 19.3 Å². The van der Waals surface area contributed by atoms with Crippen molar-refractivity contribution in [2.75, 3.05) is 19.1 Å². The molecule has 49 heavy (non-hydrogen) atoms. The van der Waals surface area contributed by atoms with Gasteiger partial charge in [-0.05, 0) is 70.6 Å². The van der Waals surface area contributed by atoms with Gasteiger partial charge in [0, 0.05) is 12.5 Å². The van der Waals surface area contributed by atoms with E-state index in [1.165, 1.54) is 128 Å². The Labute approximate surface area is 313 Å². The number of unbranched alkanes of at least 4 members (excludes halogenated alkanes) is 15. The van der Waals surface area contributed by atoms with Crippen molar-refractivity contribution < 1.29 is 19.3 Å². The number of ether oxygens (including phenoxy) is 3. The fourth-order valence-corrected chi connectivity index (χ4v) is 7.32. The lowest BCUT2D eigenvalue weighted by Crippen LogP contribution is -2.48.